The number of rotatable bonds is 5. The lowest BCUT2D eigenvalue weighted by Crippen LogP contribution is -2.18. The van der Waals surface area contributed by atoms with Crippen LogP contribution in [0.5, 0.6) is 5.75 Å². The Bertz CT molecular complexity index is 946. The molecule has 2 aromatic carbocycles. The number of hydrogen-bond donors (Lipinski definition) is 1. The summed E-state index contributed by atoms with van der Waals surface area (Å²) in [4.78, 5) is 12.2. The van der Waals surface area contributed by atoms with E-state index >= 15 is 0 Å². The topological polar surface area (TPSA) is 55.6 Å². The van der Waals surface area contributed by atoms with Crippen LogP contribution in [-0.2, 0) is 0 Å². The third-order valence-corrected chi connectivity index (χ3v) is 4.25. The number of halogens is 1. The van der Waals surface area contributed by atoms with Crippen molar-refractivity contribution in [3.63, 3.8) is 0 Å². The monoisotopic (exact) mass is 367 g/mol. The van der Waals surface area contributed by atoms with Crippen LogP contribution in [0.4, 0.5) is 0 Å². The summed E-state index contributed by atoms with van der Waals surface area (Å²) in [6, 6.07) is 18.5. The molecule has 3 rings (SSSR count). The normalized spacial score (nSPS) is 10.9. The summed E-state index contributed by atoms with van der Waals surface area (Å²) >= 11 is 6.02. The predicted octanol–water partition coefficient (Wildman–Crippen LogP) is 4.21. The second-order valence-corrected chi connectivity index (χ2v) is 6.02. The van der Waals surface area contributed by atoms with Crippen LogP contribution in [0.2, 0.25) is 5.02 Å². The molecular weight excluding hydrogens is 350 g/mol. The van der Waals surface area contributed by atoms with Gasteiger partial charge < -0.3 is 9.30 Å². The highest BCUT2D eigenvalue weighted by Gasteiger charge is 2.09. The lowest BCUT2D eigenvalue weighted by Gasteiger charge is -2.10. The summed E-state index contributed by atoms with van der Waals surface area (Å²) in [6.45, 7) is 2.00. The highest BCUT2D eigenvalue weighted by molar-refractivity contribution is 6.33. The molecule has 0 saturated carbocycles. The van der Waals surface area contributed by atoms with E-state index in [0.29, 0.717) is 10.6 Å². The Balaban J connectivity index is 1.79. The van der Waals surface area contributed by atoms with E-state index in [1.54, 1.807) is 37.6 Å². The summed E-state index contributed by atoms with van der Waals surface area (Å²) < 4.78 is 7.23. The maximum Gasteiger partial charge on any atom is 0.272 e. The maximum atomic E-state index is 12.2. The van der Waals surface area contributed by atoms with E-state index in [0.717, 1.165) is 22.8 Å². The van der Waals surface area contributed by atoms with Gasteiger partial charge in [0.15, 0.2) is 0 Å². The van der Waals surface area contributed by atoms with Crippen LogP contribution < -0.4 is 10.2 Å². The van der Waals surface area contributed by atoms with Gasteiger partial charge in [-0.05, 0) is 55.5 Å². The Kier molecular flexibility index (Phi) is 5.39. The second-order valence-electron chi connectivity index (χ2n) is 5.61. The minimum atomic E-state index is -0.355. The molecule has 0 aliphatic carbocycles. The van der Waals surface area contributed by atoms with Crippen LogP contribution >= 0.6 is 11.6 Å². The predicted molar refractivity (Wildman–Crippen MR) is 104 cm³/mol. The molecule has 3 aromatic rings. The van der Waals surface area contributed by atoms with E-state index in [4.69, 9.17) is 16.3 Å². The SMILES string of the molecule is COc1ccc(-n2c(C)ccc2/C=N/NC(=O)c2ccccc2Cl)cc1. The highest BCUT2D eigenvalue weighted by atomic mass is 35.5. The van der Waals surface area contributed by atoms with Gasteiger partial charge in [0.25, 0.3) is 5.91 Å². The van der Waals surface area contributed by atoms with Gasteiger partial charge in [0.1, 0.15) is 5.75 Å². The fourth-order valence-electron chi connectivity index (χ4n) is 2.61. The number of carbonyl (C=O) groups is 1. The van der Waals surface area contributed by atoms with E-state index in [1.807, 2.05) is 47.9 Å². The van der Waals surface area contributed by atoms with Gasteiger partial charge in [-0.25, -0.2) is 5.43 Å². The fraction of sp³-hybridized carbons (Fsp3) is 0.100. The smallest absolute Gasteiger partial charge is 0.272 e. The first kappa shape index (κ1) is 17.8. The van der Waals surface area contributed by atoms with Crippen molar-refractivity contribution in [3.8, 4) is 11.4 Å². The molecule has 0 bridgehead atoms. The Hall–Kier alpha value is -3.05. The minimum absolute atomic E-state index is 0.355. The number of nitrogens with zero attached hydrogens (tertiary/aromatic N) is 2. The molecule has 26 heavy (non-hydrogen) atoms. The van der Waals surface area contributed by atoms with E-state index < -0.39 is 0 Å². The summed E-state index contributed by atoms with van der Waals surface area (Å²) in [7, 11) is 1.63. The number of hydrazone groups is 1. The number of aryl methyl sites for hydroxylation is 1. The van der Waals surface area contributed by atoms with Crippen molar-refractivity contribution in [3.05, 3.63) is 82.6 Å². The number of hydrogen-bond acceptors (Lipinski definition) is 3. The van der Waals surface area contributed by atoms with Crippen molar-refractivity contribution in [1.82, 2.24) is 9.99 Å². The molecule has 1 aromatic heterocycles. The molecule has 1 heterocycles. The Morgan fingerprint density at radius 3 is 2.54 bits per heavy atom. The molecule has 0 saturated heterocycles. The summed E-state index contributed by atoms with van der Waals surface area (Å²) in [6.07, 6.45) is 1.60. The van der Waals surface area contributed by atoms with Crippen LogP contribution in [0.1, 0.15) is 21.7 Å². The number of methoxy groups -OCH3 is 1. The number of aromatic nitrogens is 1. The first-order valence-electron chi connectivity index (χ1n) is 8.01. The first-order chi connectivity index (χ1) is 12.6. The zero-order valence-electron chi connectivity index (χ0n) is 14.4. The van der Waals surface area contributed by atoms with Crippen molar-refractivity contribution >= 4 is 23.7 Å². The number of benzene rings is 2. The van der Waals surface area contributed by atoms with Crippen LogP contribution in [0, 0.1) is 6.92 Å². The van der Waals surface area contributed by atoms with Crippen molar-refractivity contribution in [1.29, 1.82) is 0 Å². The molecule has 0 atom stereocenters. The van der Waals surface area contributed by atoms with Gasteiger partial charge in [0.2, 0.25) is 0 Å². The number of amides is 1. The minimum Gasteiger partial charge on any atom is -0.497 e. The number of ether oxygens (including phenoxy) is 1. The van der Waals surface area contributed by atoms with Crippen LogP contribution in [0.3, 0.4) is 0 Å². The van der Waals surface area contributed by atoms with Crippen LogP contribution in [0.25, 0.3) is 5.69 Å². The number of carbonyl (C=O) groups excluding carboxylic acids is 1. The lowest BCUT2D eigenvalue weighted by molar-refractivity contribution is 0.0955. The molecule has 6 heteroatoms. The van der Waals surface area contributed by atoms with Gasteiger partial charge in [-0.3, -0.25) is 4.79 Å². The first-order valence-corrected chi connectivity index (χ1v) is 8.38. The third-order valence-electron chi connectivity index (χ3n) is 3.92. The van der Waals surface area contributed by atoms with E-state index in [2.05, 4.69) is 10.5 Å². The van der Waals surface area contributed by atoms with Crippen molar-refractivity contribution < 1.29 is 9.53 Å². The Morgan fingerprint density at radius 1 is 1.12 bits per heavy atom. The second kappa shape index (κ2) is 7.89. The molecular formula is C20H18ClN3O2. The molecule has 5 nitrogen and oxygen atoms in total. The summed E-state index contributed by atoms with van der Waals surface area (Å²) in [5.74, 6) is 0.437. The zero-order valence-corrected chi connectivity index (χ0v) is 15.2. The molecule has 0 aliphatic rings. The molecule has 132 valence electrons. The quantitative estimate of drug-likeness (QED) is 0.542. The molecule has 0 unspecified atom stereocenters. The van der Waals surface area contributed by atoms with Gasteiger partial charge >= 0.3 is 0 Å². The third kappa shape index (κ3) is 3.78. The molecule has 0 radical (unpaired) electrons. The average molecular weight is 368 g/mol. The van der Waals surface area contributed by atoms with Crippen LogP contribution in [0.15, 0.2) is 65.8 Å². The van der Waals surface area contributed by atoms with Gasteiger partial charge in [0.05, 0.1) is 29.6 Å². The molecule has 0 aliphatic heterocycles. The molecule has 1 N–H and O–H groups in total. The van der Waals surface area contributed by atoms with Crippen molar-refractivity contribution in [2.24, 2.45) is 5.10 Å². The Morgan fingerprint density at radius 2 is 1.85 bits per heavy atom. The lowest BCUT2D eigenvalue weighted by atomic mass is 10.2. The van der Waals surface area contributed by atoms with E-state index in [-0.39, 0.29) is 5.91 Å². The molecule has 1 amide bonds. The van der Waals surface area contributed by atoms with Gasteiger partial charge in [0, 0.05) is 11.4 Å². The maximum absolute atomic E-state index is 12.2. The van der Waals surface area contributed by atoms with E-state index in [1.165, 1.54) is 0 Å². The fourth-order valence-corrected chi connectivity index (χ4v) is 2.83. The van der Waals surface area contributed by atoms with Gasteiger partial charge in [-0.15, -0.1) is 0 Å². The summed E-state index contributed by atoms with van der Waals surface area (Å²) in [5, 5.41) is 4.45. The van der Waals surface area contributed by atoms with Crippen molar-refractivity contribution in [2.75, 3.05) is 7.11 Å². The highest BCUT2D eigenvalue weighted by Crippen LogP contribution is 2.19. The average Bonchev–Trinajstić information content (AvgIpc) is 3.02. The van der Waals surface area contributed by atoms with Crippen LogP contribution in [-0.4, -0.2) is 23.8 Å². The molecule has 0 spiro atoms. The Labute approximate surface area is 156 Å². The van der Waals surface area contributed by atoms with Gasteiger partial charge in [-0.1, -0.05) is 23.7 Å². The van der Waals surface area contributed by atoms with E-state index in [9.17, 15) is 4.79 Å². The zero-order chi connectivity index (χ0) is 18.5. The largest absolute Gasteiger partial charge is 0.497 e. The summed E-state index contributed by atoms with van der Waals surface area (Å²) in [5.41, 5.74) is 5.76. The van der Waals surface area contributed by atoms with Crippen molar-refractivity contribution in [2.45, 2.75) is 6.92 Å². The standard InChI is InChI=1S/C20H18ClN3O2/c1-14-7-8-16(24(14)15-9-11-17(26-2)12-10-15)13-22-23-20(25)18-5-3-4-6-19(18)21/h3-13H,1-2H3,(H,23,25)/b22-13+. The molecule has 0 fully saturated rings. The van der Waals surface area contributed by atoms with Gasteiger partial charge in [-0.2, -0.15) is 5.10 Å². The number of nitrogens with one attached hydrogen (secondary N) is 1.